The van der Waals surface area contributed by atoms with E-state index in [0.29, 0.717) is 24.7 Å². The molecule has 0 fully saturated rings. The molecule has 0 aliphatic carbocycles. The first kappa shape index (κ1) is 12.1. The van der Waals surface area contributed by atoms with Crippen molar-refractivity contribution in [1.82, 2.24) is 9.97 Å². The first-order chi connectivity index (χ1) is 8.90. The van der Waals surface area contributed by atoms with E-state index in [1.165, 1.54) is 0 Å². The lowest BCUT2D eigenvalue weighted by Crippen LogP contribution is -2.01. The molecule has 2 aromatic rings. The number of hydrogen-bond donors (Lipinski definition) is 1. The van der Waals surface area contributed by atoms with Gasteiger partial charge in [-0.2, -0.15) is 0 Å². The predicted molar refractivity (Wildman–Crippen MR) is 68.7 cm³/mol. The lowest BCUT2D eigenvalue weighted by molar-refractivity contribution is 0.295. The Hall–Kier alpha value is -2.38. The maximum atomic E-state index is 5.65. The largest absolute Gasteiger partial charge is 0.484 e. The maximum Gasteiger partial charge on any atom is 0.166 e. The lowest BCUT2D eigenvalue weighted by atomic mass is 10.2. The fraction of sp³-hybridized carbons (Fsp3) is 0.143. The molecular formula is C14H13N3O. The molecule has 4 heteroatoms. The Balaban J connectivity index is 2.09. The molecule has 90 valence electrons. The molecular weight excluding hydrogens is 226 g/mol. The van der Waals surface area contributed by atoms with Crippen molar-refractivity contribution in [3.8, 4) is 17.6 Å². The van der Waals surface area contributed by atoms with Crippen molar-refractivity contribution in [3.63, 3.8) is 0 Å². The van der Waals surface area contributed by atoms with E-state index in [0.717, 1.165) is 5.56 Å². The summed E-state index contributed by atoms with van der Waals surface area (Å²) in [5, 5.41) is 0. The summed E-state index contributed by atoms with van der Waals surface area (Å²) in [7, 11) is 0. The maximum absolute atomic E-state index is 5.65. The molecule has 1 aromatic heterocycles. The second-order valence-corrected chi connectivity index (χ2v) is 3.46. The number of benzene rings is 1. The Bertz CT molecular complexity index is 558. The molecule has 0 radical (unpaired) electrons. The third-order valence-corrected chi connectivity index (χ3v) is 2.19. The summed E-state index contributed by atoms with van der Waals surface area (Å²) in [4.78, 5) is 8.19. The Morgan fingerprint density at radius 3 is 2.67 bits per heavy atom. The molecule has 0 saturated heterocycles. The zero-order valence-corrected chi connectivity index (χ0v) is 9.84. The van der Waals surface area contributed by atoms with Crippen LogP contribution in [-0.2, 0) is 6.61 Å². The summed E-state index contributed by atoms with van der Waals surface area (Å²) in [6.45, 7) is 0.651. The van der Waals surface area contributed by atoms with E-state index in [1.807, 2.05) is 24.3 Å². The van der Waals surface area contributed by atoms with Gasteiger partial charge in [-0.05, 0) is 18.2 Å². The van der Waals surface area contributed by atoms with Gasteiger partial charge in [0, 0.05) is 12.4 Å². The third-order valence-electron chi connectivity index (χ3n) is 2.19. The van der Waals surface area contributed by atoms with Gasteiger partial charge in [0.05, 0.1) is 12.1 Å². The van der Waals surface area contributed by atoms with Crippen molar-refractivity contribution in [3.05, 3.63) is 54.1 Å². The smallest absolute Gasteiger partial charge is 0.166 e. The van der Waals surface area contributed by atoms with Crippen LogP contribution >= 0.6 is 0 Å². The summed E-state index contributed by atoms with van der Waals surface area (Å²) in [6, 6.07) is 9.33. The van der Waals surface area contributed by atoms with Crippen LogP contribution in [0.5, 0.6) is 5.75 Å². The summed E-state index contributed by atoms with van der Waals surface area (Å²) in [5.74, 6) is 7.13. The minimum atomic E-state index is 0.322. The minimum Gasteiger partial charge on any atom is -0.484 e. The Labute approximate surface area is 106 Å². The van der Waals surface area contributed by atoms with Crippen LogP contribution in [0.15, 0.2) is 42.7 Å². The van der Waals surface area contributed by atoms with Crippen molar-refractivity contribution >= 4 is 0 Å². The molecule has 18 heavy (non-hydrogen) atoms. The molecule has 2 rings (SSSR count). The number of hydrogen-bond acceptors (Lipinski definition) is 4. The molecule has 0 aliphatic heterocycles. The van der Waals surface area contributed by atoms with Crippen molar-refractivity contribution in [2.75, 3.05) is 6.54 Å². The molecule has 0 aliphatic rings. The Morgan fingerprint density at radius 2 is 1.89 bits per heavy atom. The van der Waals surface area contributed by atoms with Crippen LogP contribution in [0, 0.1) is 11.8 Å². The van der Waals surface area contributed by atoms with Crippen LogP contribution < -0.4 is 10.5 Å². The van der Waals surface area contributed by atoms with Crippen molar-refractivity contribution < 1.29 is 4.74 Å². The molecule has 4 nitrogen and oxygen atoms in total. The highest BCUT2D eigenvalue weighted by Gasteiger charge is 2.01. The van der Waals surface area contributed by atoms with Gasteiger partial charge in [-0.1, -0.05) is 24.0 Å². The van der Waals surface area contributed by atoms with Gasteiger partial charge >= 0.3 is 0 Å². The molecule has 0 spiro atoms. The second kappa shape index (κ2) is 6.38. The molecule has 0 saturated carbocycles. The number of aromatic nitrogens is 2. The Kier molecular flexibility index (Phi) is 4.28. The first-order valence-electron chi connectivity index (χ1n) is 5.57. The molecule has 1 aromatic carbocycles. The van der Waals surface area contributed by atoms with Crippen molar-refractivity contribution in [2.45, 2.75) is 6.61 Å². The van der Waals surface area contributed by atoms with E-state index >= 15 is 0 Å². The van der Waals surface area contributed by atoms with Crippen LogP contribution in [-0.4, -0.2) is 16.5 Å². The zero-order chi connectivity index (χ0) is 12.6. The number of ether oxygens (including phenoxy) is 1. The average Bonchev–Trinajstić information content (AvgIpc) is 2.45. The molecule has 0 amide bonds. The van der Waals surface area contributed by atoms with E-state index in [1.54, 1.807) is 18.5 Å². The van der Waals surface area contributed by atoms with E-state index < -0.39 is 0 Å². The SMILES string of the molecule is NCC#Cc1ccccc1OCc1ncccn1. The van der Waals surface area contributed by atoms with Crippen LogP contribution in [0.25, 0.3) is 0 Å². The Morgan fingerprint density at radius 1 is 1.11 bits per heavy atom. The molecule has 0 unspecified atom stereocenters. The van der Waals surface area contributed by atoms with Crippen LogP contribution in [0.4, 0.5) is 0 Å². The van der Waals surface area contributed by atoms with E-state index in [4.69, 9.17) is 10.5 Å². The van der Waals surface area contributed by atoms with Gasteiger partial charge in [-0.3, -0.25) is 0 Å². The highest BCUT2D eigenvalue weighted by atomic mass is 16.5. The number of para-hydroxylation sites is 1. The molecule has 0 bridgehead atoms. The quantitative estimate of drug-likeness (QED) is 0.822. The summed E-state index contributed by atoms with van der Waals surface area (Å²) < 4.78 is 5.65. The minimum absolute atomic E-state index is 0.322. The van der Waals surface area contributed by atoms with Crippen LogP contribution in [0.3, 0.4) is 0 Å². The number of nitrogens with two attached hydrogens (primary N) is 1. The lowest BCUT2D eigenvalue weighted by Gasteiger charge is -2.06. The standard InChI is InChI=1S/C14H13N3O/c15-8-3-6-12-5-1-2-7-13(12)18-11-14-16-9-4-10-17-14/h1-2,4-5,7,9-10H,8,11,15H2. The highest BCUT2D eigenvalue weighted by Crippen LogP contribution is 2.17. The van der Waals surface area contributed by atoms with E-state index in [2.05, 4.69) is 21.8 Å². The van der Waals surface area contributed by atoms with E-state index in [-0.39, 0.29) is 0 Å². The first-order valence-corrected chi connectivity index (χ1v) is 5.57. The van der Waals surface area contributed by atoms with Gasteiger partial charge in [-0.15, -0.1) is 0 Å². The van der Waals surface area contributed by atoms with Crippen molar-refractivity contribution in [1.29, 1.82) is 0 Å². The molecule has 0 atom stereocenters. The van der Waals surface area contributed by atoms with Gasteiger partial charge < -0.3 is 10.5 Å². The third kappa shape index (κ3) is 3.30. The molecule has 1 heterocycles. The van der Waals surface area contributed by atoms with Gasteiger partial charge in [-0.25, -0.2) is 9.97 Å². The fourth-order valence-electron chi connectivity index (χ4n) is 1.39. The van der Waals surface area contributed by atoms with Gasteiger partial charge in [0.1, 0.15) is 12.4 Å². The zero-order valence-electron chi connectivity index (χ0n) is 9.84. The molecule has 2 N–H and O–H groups in total. The summed E-state index contributed by atoms with van der Waals surface area (Å²) in [6.07, 6.45) is 3.37. The normalized spacial score (nSPS) is 9.39. The summed E-state index contributed by atoms with van der Waals surface area (Å²) in [5.41, 5.74) is 6.18. The second-order valence-electron chi connectivity index (χ2n) is 3.46. The van der Waals surface area contributed by atoms with E-state index in [9.17, 15) is 0 Å². The monoisotopic (exact) mass is 239 g/mol. The number of nitrogens with zero attached hydrogens (tertiary/aromatic N) is 2. The highest BCUT2D eigenvalue weighted by molar-refractivity contribution is 5.45. The topological polar surface area (TPSA) is 61.0 Å². The number of rotatable bonds is 3. The van der Waals surface area contributed by atoms with Crippen molar-refractivity contribution in [2.24, 2.45) is 5.73 Å². The van der Waals surface area contributed by atoms with Gasteiger partial charge in [0.25, 0.3) is 0 Å². The fourth-order valence-corrected chi connectivity index (χ4v) is 1.39. The predicted octanol–water partition coefficient (Wildman–Crippen LogP) is 1.37. The van der Waals surface area contributed by atoms with Crippen LogP contribution in [0.2, 0.25) is 0 Å². The summed E-state index contributed by atoms with van der Waals surface area (Å²) >= 11 is 0. The van der Waals surface area contributed by atoms with Crippen LogP contribution in [0.1, 0.15) is 11.4 Å². The van der Waals surface area contributed by atoms with Gasteiger partial charge in [0.15, 0.2) is 5.82 Å². The van der Waals surface area contributed by atoms with Gasteiger partial charge in [0.2, 0.25) is 0 Å². The average molecular weight is 239 g/mol.